The maximum absolute atomic E-state index is 11.6. The highest BCUT2D eigenvalue weighted by Gasteiger charge is 2.23. The van der Waals surface area contributed by atoms with E-state index in [0.29, 0.717) is 28.0 Å². The number of aryl methyl sites for hydroxylation is 1. The molecule has 0 radical (unpaired) electrons. The van der Waals surface area contributed by atoms with Crippen molar-refractivity contribution in [2.45, 2.75) is 6.85 Å². The fourth-order valence-electron chi connectivity index (χ4n) is 8.88. The first-order chi connectivity index (χ1) is 33.3. The molecule has 0 spiro atoms. The normalized spacial score (nSPS) is 12.1. The number of nitrogens with zero attached hydrogens (tertiary/aromatic N) is 3. The van der Waals surface area contributed by atoms with Crippen LogP contribution in [0.5, 0.6) is 5.75 Å². The largest absolute Gasteiger partial charge is 0.507 e. The van der Waals surface area contributed by atoms with E-state index in [-0.39, 0.29) is 11.3 Å². The van der Waals surface area contributed by atoms with Crippen LogP contribution in [0.3, 0.4) is 0 Å². The number of aromatic hydroxyl groups is 1. The first-order valence-corrected chi connectivity index (χ1v) is 21.7. The molecule has 0 saturated carbocycles. The van der Waals surface area contributed by atoms with Crippen LogP contribution < -0.4 is 0 Å². The quantitative estimate of drug-likeness (QED) is 0.158. The lowest BCUT2D eigenvalue weighted by molar-refractivity contribution is 0.477. The molecule has 1 N–H and O–H groups in total. The van der Waals surface area contributed by atoms with Gasteiger partial charge in [-0.05, 0) is 129 Å². The van der Waals surface area contributed by atoms with Crippen LogP contribution in [0.4, 0.5) is 0 Å². The van der Waals surface area contributed by atoms with E-state index >= 15 is 0 Å². The molecule has 11 aromatic rings. The van der Waals surface area contributed by atoms with Gasteiger partial charge in [0.2, 0.25) is 0 Å². The predicted octanol–water partition coefficient (Wildman–Crippen LogP) is 15.8. The van der Waals surface area contributed by atoms with Crippen molar-refractivity contribution in [2.75, 3.05) is 0 Å². The van der Waals surface area contributed by atoms with Crippen molar-refractivity contribution < 1.29 is 9.22 Å². The zero-order valence-electron chi connectivity index (χ0n) is 38.3. The lowest BCUT2D eigenvalue weighted by atomic mass is 9.93. The maximum atomic E-state index is 11.6. The number of phenolic OH excluding ortho intramolecular Hbond substituents is 1. The van der Waals surface area contributed by atoms with Gasteiger partial charge in [0.1, 0.15) is 11.6 Å². The van der Waals surface area contributed by atoms with Crippen LogP contribution in [-0.2, 0) is 0 Å². The number of aromatic nitrogens is 3. The highest BCUT2D eigenvalue weighted by atomic mass is 16.3. The Morgan fingerprint density at radius 3 is 1.60 bits per heavy atom. The Kier molecular flexibility index (Phi) is 9.36. The third-order valence-electron chi connectivity index (χ3n) is 12.1. The lowest BCUT2D eigenvalue weighted by Gasteiger charge is -2.19. The van der Waals surface area contributed by atoms with Gasteiger partial charge in [0.05, 0.1) is 28.0 Å². The van der Waals surface area contributed by atoms with Gasteiger partial charge in [0.15, 0.2) is 0 Å². The molecule has 0 aliphatic carbocycles. The minimum absolute atomic E-state index is 0.0725. The molecular weight excluding hydrogens is 791 g/mol. The molecular formula is C61H43N3O. The van der Waals surface area contributed by atoms with Gasteiger partial charge < -0.3 is 5.11 Å². The Morgan fingerprint density at radius 1 is 0.400 bits per heavy atom. The smallest absolute Gasteiger partial charge is 0.149 e. The summed E-state index contributed by atoms with van der Waals surface area (Å²) in [6.45, 7) is -2.42. The third-order valence-corrected chi connectivity index (χ3v) is 12.1. The van der Waals surface area contributed by atoms with Crippen molar-refractivity contribution in [2.24, 2.45) is 0 Å². The minimum atomic E-state index is -2.42. The van der Waals surface area contributed by atoms with Crippen LogP contribution >= 0.6 is 0 Å². The van der Waals surface area contributed by atoms with Crippen molar-refractivity contribution >= 4 is 11.0 Å². The molecule has 0 saturated heterocycles. The van der Waals surface area contributed by atoms with E-state index in [2.05, 4.69) is 102 Å². The molecule has 2 heterocycles. The first kappa shape index (κ1) is 35.9. The van der Waals surface area contributed by atoms with Crippen LogP contribution in [0, 0.1) is 6.85 Å². The molecule has 4 nitrogen and oxygen atoms in total. The van der Waals surface area contributed by atoms with Crippen LogP contribution in [0.25, 0.3) is 106 Å². The fourth-order valence-corrected chi connectivity index (χ4v) is 8.88. The van der Waals surface area contributed by atoms with E-state index in [4.69, 9.17) is 14.1 Å². The van der Waals surface area contributed by atoms with Crippen molar-refractivity contribution in [1.29, 1.82) is 0 Å². The van der Waals surface area contributed by atoms with Crippen molar-refractivity contribution in [3.63, 3.8) is 0 Å². The second-order valence-electron chi connectivity index (χ2n) is 16.1. The third kappa shape index (κ3) is 7.58. The molecule has 0 atom stereocenters. The number of para-hydroxylation sites is 2. The highest BCUT2D eigenvalue weighted by Crippen LogP contribution is 2.43. The van der Waals surface area contributed by atoms with Gasteiger partial charge in [-0.15, -0.1) is 0 Å². The zero-order valence-corrected chi connectivity index (χ0v) is 35.3. The minimum Gasteiger partial charge on any atom is -0.507 e. The summed E-state index contributed by atoms with van der Waals surface area (Å²) in [5.74, 6) is 0.582. The first-order valence-electron chi connectivity index (χ1n) is 23.2. The van der Waals surface area contributed by atoms with Gasteiger partial charge in [-0.1, -0.05) is 170 Å². The van der Waals surface area contributed by atoms with Crippen LogP contribution in [0.1, 0.15) is 9.68 Å². The molecule has 2 aromatic heterocycles. The van der Waals surface area contributed by atoms with E-state index in [1.165, 1.54) is 5.56 Å². The standard InChI is InChI=1S/C61H43N3O/c1-41-35-55(47-23-12-5-13-24-47)58(40-54(41)46-21-10-4-11-22-46)64-57-27-16-26-52(60(57)63-61(64)53-25-14-15-28-59(53)65)50-36-49(43-19-8-3-9-20-43)37-51(38-50)56-39-48(33-34-62-56)45-31-29-44(30-32-45)42-17-6-2-7-18-42/h2-40,65H,1H3/i1D3. The fraction of sp³-hybridized carbons (Fsp3) is 0.0164. The second kappa shape index (κ2) is 16.9. The Balaban J connectivity index is 1.14. The van der Waals surface area contributed by atoms with Crippen molar-refractivity contribution in [3.8, 4) is 101 Å². The monoisotopic (exact) mass is 836 g/mol. The summed E-state index contributed by atoms with van der Waals surface area (Å²) in [5, 5.41) is 11.6. The Hall–Kier alpha value is -8.60. The van der Waals surface area contributed by atoms with Crippen molar-refractivity contribution in [1.82, 2.24) is 14.5 Å². The highest BCUT2D eigenvalue weighted by molar-refractivity contribution is 5.99. The second-order valence-corrected chi connectivity index (χ2v) is 16.1. The van der Waals surface area contributed by atoms with E-state index in [1.54, 1.807) is 18.2 Å². The average molecular weight is 837 g/mol. The molecule has 308 valence electrons. The van der Waals surface area contributed by atoms with Crippen molar-refractivity contribution in [3.05, 3.63) is 242 Å². The summed E-state index contributed by atoms with van der Waals surface area (Å²) in [6, 6.07) is 76.8. The molecule has 0 aliphatic rings. The zero-order chi connectivity index (χ0) is 46.2. The molecule has 0 unspecified atom stereocenters. The van der Waals surface area contributed by atoms with Gasteiger partial charge >= 0.3 is 0 Å². The molecule has 0 aliphatic heterocycles. The SMILES string of the molecule is [2H]C([2H])([2H])c1cc(-c2ccccc2)c(-n2c(-c3ccccc3O)nc3c(-c4cc(-c5ccccc5)cc(-c5cc(-c6ccc(-c7ccccc7)cc6)ccn5)c4)cccc32)cc1-c1ccccc1. The topological polar surface area (TPSA) is 50.9 Å². The number of pyridine rings is 1. The van der Waals surface area contributed by atoms with Crippen LogP contribution in [-0.4, -0.2) is 19.6 Å². The summed E-state index contributed by atoms with van der Waals surface area (Å²) in [7, 11) is 0. The molecule has 0 bridgehead atoms. The average Bonchev–Trinajstić information content (AvgIpc) is 3.78. The van der Waals surface area contributed by atoms with E-state index in [1.807, 2.05) is 121 Å². The summed E-state index contributed by atoms with van der Waals surface area (Å²) in [6.07, 6.45) is 1.87. The summed E-state index contributed by atoms with van der Waals surface area (Å²) >= 11 is 0. The molecule has 11 rings (SSSR count). The maximum Gasteiger partial charge on any atom is 0.149 e. The van der Waals surface area contributed by atoms with Gasteiger partial charge in [0, 0.05) is 27.0 Å². The molecule has 65 heavy (non-hydrogen) atoms. The summed E-state index contributed by atoms with van der Waals surface area (Å²) < 4.78 is 28.3. The number of rotatable bonds is 9. The predicted molar refractivity (Wildman–Crippen MR) is 269 cm³/mol. The summed E-state index contributed by atoms with van der Waals surface area (Å²) in [4.78, 5) is 10.4. The number of imidazole rings is 1. The Labute approximate surface area is 383 Å². The van der Waals surface area contributed by atoms with E-state index in [9.17, 15) is 5.11 Å². The number of phenols is 1. The Bertz CT molecular complexity index is 3590. The molecule has 9 aromatic carbocycles. The number of hydrogen-bond acceptors (Lipinski definition) is 3. The molecule has 0 fully saturated rings. The van der Waals surface area contributed by atoms with Gasteiger partial charge in [0.25, 0.3) is 0 Å². The van der Waals surface area contributed by atoms with Gasteiger partial charge in [-0.2, -0.15) is 0 Å². The number of benzene rings is 9. The van der Waals surface area contributed by atoms with Crippen LogP contribution in [0.15, 0.2) is 237 Å². The number of fused-ring (bicyclic) bond motifs is 1. The molecule has 4 heteroatoms. The summed E-state index contributed by atoms with van der Waals surface area (Å²) in [5.41, 5.74) is 16.1. The number of hydrogen-bond donors (Lipinski definition) is 1. The van der Waals surface area contributed by atoms with E-state index in [0.717, 1.165) is 72.5 Å². The van der Waals surface area contributed by atoms with Crippen LogP contribution in [0.2, 0.25) is 0 Å². The van der Waals surface area contributed by atoms with Gasteiger partial charge in [-0.3, -0.25) is 9.55 Å². The molecule has 0 amide bonds. The Morgan fingerprint density at radius 2 is 0.938 bits per heavy atom. The van der Waals surface area contributed by atoms with E-state index < -0.39 is 6.85 Å². The van der Waals surface area contributed by atoms with Gasteiger partial charge in [-0.25, -0.2) is 4.98 Å². The lowest BCUT2D eigenvalue weighted by Crippen LogP contribution is -2.02.